The zero-order valence-corrected chi connectivity index (χ0v) is 14.1. The van der Waals surface area contributed by atoms with Crippen LogP contribution >= 0.6 is 15.9 Å². The Hall–Kier alpha value is -1.10. The van der Waals surface area contributed by atoms with Gasteiger partial charge in [0.25, 0.3) is 0 Å². The molecule has 0 radical (unpaired) electrons. The Bertz CT molecular complexity index is 690. The summed E-state index contributed by atoms with van der Waals surface area (Å²) < 4.78 is 9.12. The number of hydrogen-bond donors (Lipinski definition) is 0. The summed E-state index contributed by atoms with van der Waals surface area (Å²) in [5.74, 6) is 2.87. The quantitative estimate of drug-likeness (QED) is 0.826. The van der Waals surface area contributed by atoms with E-state index >= 15 is 0 Å². The second kappa shape index (κ2) is 4.70. The van der Waals surface area contributed by atoms with Crippen LogP contribution < -0.4 is 4.74 Å². The molecular weight excluding hydrogens is 342 g/mol. The summed E-state index contributed by atoms with van der Waals surface area (Å²) in [6, 6.07) is 4.56. The fraction of sp³-hybridized carbons (Fsp3) is 0.647. The van der Waals surface area contributed by atoms with Gasteiger partial charge < -0.3 is 4.74 Å². The molecule has 0 aromatic carbocycles. The molecule has 0 unspecified atom stereocenters. The molecule has 2 aromatic heterocycles. The predicted molar refractivity (Wildman–Crippen MR) is 86.8 cm³/mol. The van der Waals surface area contributed by atoms with Crippen molar-refractivity contribution in [2.75, 3.05) is 6.61 Å². The van der Waals surface area contributed by atoms with Gasteiger partial charge in [0.2, 0.25) is 0 Å². The molecule has 4 fully saturated rings. The highest BCUT2D eigenvalue weighted by Gasteiger charge is 2.51. The van der Waals surface area contributed by atoms with Crippen LogP contribution in [-0.2, 0) is 0 Å². The highest BCUT2D eigenvalue weighted by atomic mass is 79.9. The largest absolute Gasteiger partial charge is 0.463 e. The van der Waals surface area contributed by atoms with Crippen LogP contribution in [0.3, 0.4) is 0 Å². The minimum atomic E-state index is 0.409. The van der Waals surface area contributed by atoms with E-state index in [0.29, 0.717) is 11.4 Å². The Kier molecular flexibility index (Phi) is 2.85. The maximum absolute atomic E-state index is 6.17. The molecule has 2 aromatic rings. The molecular formula is C17H20BrN3O. The van der Waals surface area contributed by atoms with Crippen LogP contribution in [0.25, 0.3) is 5.65 Å². The minimum absolute atomic E-state index is 0.409. The summed E-state index contributed by atoms with van der Waals surface area (Å²) in [5.41, 5.74) is 1.25. The molecule has 0 spiro atoms. The first kappa shape index (κ1) is 13.3. The van der Waals surface area contributed by atoms with Gasteiger partial charge in [0, 0.05) is 16.1 Å². The molecule has 0 aliphatic heterocycles. The second-order valence-electron chi connectivity index (χ2n) is 7.76. The number of halogens is 1. The average Bonchev–Trinajstić information content (AvgIpc) is 2.86. The summed E-state index contributed by atoms with van der Waals surface area (Å²) in [5, 5.41) is 8.42. The molecule has 4 aliphatic carbocycles. The lowest BCUT2D eigenvalue weighted by molar-refractivity contribution is -0.0759. The van der Waals surface area contributed by atoms with Crippen molar-refractivity contribution in [1.29, 1.82) is 0 Å². The lowest BCUT2D eigenvalue weighted by Gasteiger charge is -2.56. The summed E-state index contributed by atoms with van der Waals surface area (Å²) in [7, 11) is 0. The highest BCUT2D eigenvalue weighted by Crippen LogP contribution is 2.59. The molecule has 4 nitrogen and oxygen atoms in total. The van der Waals surface area contributed by atoms with Gasteiger partial charge in [-0.3, -0.25) is 4.40 Å². The van der Waals surface area contributed by atoms with Gasteiger partial charge in [-0.2, -0.15) is 0 Å². The van der Waals surface area contributed by atoms with Gasteiger partial charge in [-0.05, 0) is 84.3 Å². The maximum atomic E-state index is 6.17. The van der Waals surface area contributed by atoms with Gasteiger partial charge in [-0.15, -0.1) is 5.10 Å². The number of fused-ring (bicyclic) bond motifs is 1. The van der Waals surface area contributed by atoms with E-state index in [4.69, 9.17) is 4.74 Å². The molecule has 116 valence electrons. The van der Waals surface area contributed by atoms with Crippen molar-refractivity contribution in [1.82, 2.24) is 14.6 Å². The summed E-state index contributed by atoms with van der Waals surface area (Å²) >= 11 is 3.50. The van der Waals surface area contributed by atoms with Gasteiger partial charge in [0.05, 0.1) is 6.61 Å². The number of ether oxygens (including phenoxy) is 1. The molecule has 6 rings (SSSR count). The van der Waals surface area contributed by atoms with Gasteiger partial charge >= 0.3 is 6.01 Å². The number of pyridine rings is 1. The molecule has 4 aliphatic rings. The topological polar surface area (TPSA) is 39.4 Å². The second-order valence-corrected chi connectivity index (χ2v) is 8.68. The van der Waals surface area contributed by atoms with Crippen molar-refractivity contribution in [3.63, 3.8) is 0 Å². The Morgan fingerprint density at radius 2 is 1.77 bits per heavy atom. The first-order valence-electron chi connectivity index (χ1n) is 8.32. The van der Waals surface area contributed by atoms with E-state index in [1.807, 2.05) is 22.7 Å². The van der Waals surface area contributed by atoms with Crippen LogP contribution in [0.4, 0.5) is 0 Å². The Balaban J connectivity index is 1.39. The van der Waals surface area contributed by atoms with Crippen molar-refractivity contribution in [3.8, 4) is 6.01 Å². The number of aromatic nitrogens is 3. The monoisotopic (exact) mass is 361 g/mol. The first-order chi connectivity index (χ1) is 10.7. The normalized spacial score (nSPS) is 36.1. The Morgan fingerprint density at radius 1 is 1.09 bits per heavy atom. The van der Waals surface area contributed by atoms with E-state index in [1.165, 1.54) is 38.5 Å². The molecule has 0 saturated heterocycles. The molecule has 0 atom stereocenters. The van der Waals surface area contributed by atoms with E-state index < -0.39 is 0 Å². The third-order valence-electron chi connectivity index (χ3n) is 6.01. The molecule has 4 saturated carbocycles. The van der Waals surface area contributed by atoms with Crippen LogP contribution in [0.1, 0.15) is 38.5 Å². The molecule has 22 heavy (non-hydrogen) atoms. The molecule has 5 heteroatoms. The number of nitrogens with zero attached hydrogens (tertiary/aromatic N) is 3. The first-order valence-corrected chi connectivity index (χ1v) is 9.12. The fourth-order valence-electron chi connectivity index (χ4n) is 5.63. The van der Waals surface area contributed by atoms with Gasteiger partial charge in [-0.1, -0.05) is 5.10 Å². The Morgan fingerprint density at radius 3 is 2.45 bits per heavy atom. The van der Waals surface area contributed by atoms with E-state index in [1.54, 1.807) is 0 Å². The molecule has 2 heterocycles. The van der Waals surface area contributed by atoms with Crippen LogP contribution in [0.15, 0.2) is 22.8 Å². The lowest BCUT2D eigenvalue weighted by atomic mass is 9.50. The van der Waals surface area contributed by atoms with Crippen LogP contribution in [0, 0.1) is 23.2 Å². The zero-order valence-electron chi connectivity index (χ0n) is 12.5. The summed E-state index contributed by atoms with van der Waals surface area (Å²) in [4.78, 5) is 0. The van der Waals surface area contributed by atoms with E-state index in [9.17, 15) is 0 Å². The predicted octanol–water partition coefficient (Wildman–Crippen LogP) is 4.09. The molecule has 4 bridgehead atoms. The fourth-order valence-corrected chi connectivity index (χ4v) is 5.96. The van der Waals surface area contributed by atoms with Crippen molar-refractivity contribution >= 4 is 21.6 Å². The SMILES string of the molecule is Brc1ccc2nnc(OCC34CC5CC(CC(C5)C3)C4)n2c1. The van der Waals surface area contributed by atoms with Crippen LogP contribution in [0.2, 0.25) is 0 Å². The van der Waals surface area contributed by atoms with Crippen molar-refractivity contribution in [2.24, 2.45) is 23.2 Å². The Labute approximate surface area is 138 Å². The van der Waals surface area contributed by atoms with E-state index in [0.717, 1.165) is 34.5 Å². The van der Waals surface area contributed by atoms with Crippen LogP contribution in [-0.4, -0.2) is 21.2 Å². The van der Waals surface area contributed by atoms with Gasteiger partial charge in [0.1, 0.15) is 0 Å². The number of hydrogen-bond acceptors (Lipinski definition) is 3. The summed E-state index contributed by atoms with van der Waals surface area (Å²) in [6.45, 7) is 0.809. The lowest BCUT2D eigenvalue weighted by Crippen LogP contribution is -2.48. The average molecular weight is 362 g/mol. The van der Waals surface area contributed by atoms with Crippen molar-refractivity contribution < 1.29 is 4.74 Å². The maximum Gasteiger partial charge on any atom is 0.321 e. The van der Waals surface area contributed by atoms with Gasteiger partial charge in [-0.25, -0.2) is 0 Å². The standard InChI is InChI=1S/C17H20BrN3O/c18-14-1-2-15-19-20-16(21(15)9-14)22-10-17-6-11-3-12(7-17)5-13(4-11)8-17/h1-2,9,11-13H,3-8,10H2. The van der Waals surface area contributed by atoms with Crippen molar-refractivity contribution in [3.05, 3.63) is 22.8 Å². The zero-order chi connectivity index (χ0) is 14.7. The third-order valence-corrected chi connectivity index (χ3v) is 6.48. The number of rotatable bonds is 3. The summed E-state index contributed by atoms with van der Waals surface area (Å²) in [6.07, 6.45) is 10.5. The third kappa shape index (κ3) is 2.08. The van der Waals surface area contributed by atoms with E-state index in [-0.39, 0.29) is 0 Å². The van der Waals surface area contributed by atoms with E-state index in [2.05, 4.69) is 26.1 Å². The molecule has 0 N–H and O–H groups in total. The van der Waals surface area contributed by atoms with Crippen molar-refractivity contribution in [2.45, 2.75) is 38.5 Å². The smallest absolute Gasteiger partial charge is 0.321 e. The minimum Gasteiger partial charge on any atom is -0.463 e. The van der Waals surface area contributed by atoms with Gasteiger partial charge in [0.15, 0.2) is 5.65 Å². The van der Waals surface area contributed by atoms with Crippen LogP contribution in [0.5, 0.6) is 6.01 Å². The molecule has 0 amide bonds. The highest BCUT2D eigenvalue weighted by molar-refractivity contribution is 9.10.